The number of piperidine rings is 1. The Bertz CT molecular complexity index is 639. The van der Waals surface area contributed by atoms with Crippen molar-refractivity contribution in [2.75, 3.05) is 18.0 Å². The molecule has 1 amide bonds. The minimum absolute atomic E-state index is 0.184. The number of aromatic nitrogens is 3. The standard InChI is InChI=1S/C15H19N5O/c1-15(13-11(14(16)21)9-18-19-13)6-4-8-20(10-15)12-5-2-3-7-17-12/h2-3,5,7,9H,4,6,8,10H2,1H3,(H2,16,21)(H,18,19). The van der Waals surface area contributed by atoms with Gasteiger partial charge in [0.1, 0.15) is 5.82 Å². The Hall–Kier alpha value is -2.37. The first-order valence-electron chi connectivity index (χ1n) is 7.10. The molecule has 0 bridgehead atoms. The first-order chi connectivity index (χ1) is 10.1. The highest BCUT2D eigenvalue weighted by Crippen LogP contribution is 2.35. The van der Waals surface area contributed by atoms with E-state index in [9.17, 15) is 4.79 Å². The number of nitrogens with zero attached hydrogens (tertiary/aromatic N) is 3. The highest BCUT2D eigenvalue weighted by atomic mass is 16.1. The molecule has 2 aromatic rings. The van der Waals surface area contributed by atoms with Gasteiger partial charge in [-0.3, -0.25) is 9.89 Å². The van der Waals surface area contributed by atoms with E-state index in [1.807, 2.05) is 18.2 Å². The molecule has 0 spiro atoms. The molecule has 1 aliphatic heterocycles. The maximum absolute atomic E-state index is 11.6. The van der Waals surface area contributed by atoms with Crippen molar-refractivity contribution in [3.63, 3.8) is 0 Å². The van der Waals surface area contributed by atoms with E-state index < -0.39 is 5.91 Å². The largest absolute Gasteiger partial charge is 0.365 e. The van der Waals surface area contributed by atoms with Crippen LogP contribution in [0, 0.1) is 0 Å². The molecule has 6 heteroatoms. The van der Waals surface area contributed by atoms with Crippen LogP contribution in [0.25, 0.3) is 0 Å². The third-order valence-corrected chi connectivity index (χ3v) is 4.18. The fourth-order valence-electron chi connectivity index (χ4n) is 3.11. The second-order valence-corrected chi connectivity index (χ2v) is 5.80. The van der Waals surface area contributed by atoms with Gasteiger partial charge in [0, 0.05) is 24.7 Å². The van der Waals surface area contributed by atoms with Gasteiger partial charge in [-0.25, -0.2) is 4.98 Å². The topological polar surface area (TPSA) is 87.9 Å². The number of aromatic amines is 1. The Morgan fingerprint density at radius 3 is 3.05 bits per heavy atom. The van der Waals surface area contributed by atoms with Crippen LogP contribution < -0.4 is 10.6 Å². The quantitative estimate of drug-likeness (QED) is 0.893. The number of carbonyl (C=O) groups excluding carboxylic acids is 1. The molecule has 0 aliphatic carbocycles. The number of amides is 1. The molecule has 1 atom stereocenters. The van der Waals surface area contributed by atoms with Crippen LogP contribution in [0.5, 0.6) is 0 Å². The zero-order chi connectivity index (χ0) is 14.9. The summed E-state index contributed by atoms with van der Waals surface area (Å²) in [7, 11) is 0. The number of hydrogen-bond acceptors (Lipinski definition) is 4. The van der Waals surface area contributed by atoms with Gasteiger partial charge in [-0.05, 0) is 25.0 Å². The number of H-pyrrole nitrogens is 1. The molecule has 3 N–H and O–H groups in total. The molecule has 0 saturated carbocycles. The number of nitrogens with two attached hydrogens (primary N) is 1. The van der Waals surface area contributed by atoms with E-state index in [0.717, 1.165) is 37.4 Å². The summed E-state index contributed by atoms with van der Waals surface area (Å²) in [4.78, 5) is 18.2. The lowest BCUT2D eigenvalue weighted by Gasteiger charge is -2.40. The molecule has 21 heavy (non-hydrogen) atoms. The van der Waals surface area contributed by atoms with E-state index in [0.29, 0.717) is 5.56 Å². The van der Waals surface area contributed by atoms with Gasteiger partial charge < -0.3 is 10.6 Å². The SMILES string of the molecule is CC1(c2[nH]ncc2C(N)=O)CCCN(c2ccccn2)C1. The van der Waals surface area contributed by atoms with E-state index in [2.05, 4.69) is 27.0 Å². The van der Waals surface area contributed by atoms with Gasteiger partial charge in [-0.15, -0.1) is 0 Å². The van der Waals surface area contributed by atoms with Crippen molar-refractivity contribution in [1.82, 2.24) is 15.2 Å². The molecule has 2 aromatic heterocycles. The second kappa shape index (κ2) is 5.20. The molecule has 1 fully saturated rings. The summed E-state index contributed by atoms with van der Waals surface area (Å²) in [6, 6.07) is 5.90. The molecular weight excluding hydrogens is 266 g/mol. The maximum Gasteiger partial charge on any atom is 0.252 e. The van der Waals surface area contributed by atoms with Crippen molar-refractivity contribution >= 4 is 11.7 Å². The summed E-state index contributed by atoms with van der Waals surface area (Å²) < 4.78 is 0. The molecule has 0 aromatic carbocycles. The Labute approximate surface area is 123 Å². The molecule has 1 saturated heterocycles. The van der Waals surface area contributed by atoms with Crippen LogP contribution in [0.2, 0.25) is 0 Å². The van der Waals surface area contributed by atoms with E-state index in [4.69, 9.17) is 5.73 Å². The number of carbonyl (C=O) groups is 1. The predicted octanol–water partition coefficient (Wildman–Crippen LogP) is 1.46. The van der Waals surface area contributed by atoms with Crippen molar-refractivity contribution < 1.29 is 4.79 Å². The van der Waals surface area contributed by atoms with Gasteiger partial charge in [-0.1, -0.05) is 13.0 Å². The molecule has 3 rings (SSSR count). The zero-order valence-corrected chi connectivity index (χ0v) is 12.0. The Morgan fingerprint density at radius 2 is 2.33 bits per heavy atom. The van der Waals surface area contributed by atoms with Crippen LogP contribution in [0.1, 0.15) is 35.8 Å². The predicted molar refractivity (Wildman–Crippen MR) is 80.1 cm³/mol. The molecule has 6 nitrogen and oxygen atoms in total. The number of primary amides is 1. The van der Waals surface area contributed by atoms with Crippen LogP contribution in [-0.2, 0) is 5.41 Å². The average molecular weight is 285 g/mol. The molecule has 1 aliphatic rings. The summed E-state index contributed by atoms with van der Waals surface area (Å²) in [6.07, 6.45) is 5.33. The van der Waals surface area contributed by atoms with Gasteiger partial charge in [-0.2, -0.15) is 5.10 Å². The summed E-state index contributed by atoms with van der Waals surface area (Å²) >= 11 is 0. The number of pyridine rings is 1. The van der Waals surface area contributed by atoms with E-state index in [1.165, 1.54) is 6.20 Å². The van der Waals surface area contributed by atoms with Crippen LogP contribution in [0.15, 0.2) is 30.6 Å². The van der Waals surface area contributed by atoms with Crippen molar-refractivity contribution in [2.45, 2.75) is 25.2 Å². The monoisotopic (exact) mass is 285 g/mol. The second-order valence-electron chi connectivity index (χ2n) is 5.80. The molecule has 0 radical (unpaired) electrons. The number of anilines is 1. The Balaban J connectivity index is 1.91. The van der Waals surface area contributed by atoms with Crippen LogP contribution in [-0.4, -0.2) is 34.2 Å². The third kappa shape index (κ3) is 2.49. The third-order valence-electron chi connectivity index (χ3n) is 4.18. The van der Waals surface area contributed by atoms with Crippen LogP contribution in [0.4, 0.5) is 5.82 Å². The van der Waals surface area contributed by atoms with Crippen LogP contribution >= 0.6 is 0 Å². The first-order valence-corrected chi connectivity index (χ1v) is 7.10. The number of hydrogen-bond donors (Lipinski definition) is 2. The minimum Gasteiger partial charge on any atom is -0.365 e. The lowest BCUT2D eigenvalue weighted by atomic mass is 9.77. The fraction of sp³-hybridized carbons (Fsp3) is 0.400. The van der Waals surface area contributed by atoms with Gasteiger partial charge in [0.05, 0.1) is 17.5 Å². The van der Waals surface area contributed by atoms with E-state index in [-0.39, 0.29) is 5.41 Å². The normalized spacial score (nSPS) is 22.2. The lowest BCUT2D eigenvalue weighted by Crippen LogP contribution is -2.45. The maximum atomic E-state index is 11.6. The Morgan fingerprint density at radius 1 is 1.48 bits per heavy atom. The molecular formula is C15H19N5O. The van der Waals surface area contributed by atoms with Crippen molar-refractivity contribution in [3.8, 4) is 0 Å². The van der Waals surface area contributed by atoms with Crippen molar-refractivity contribution in [2.24, 2.45) is 5.73 Å². The summed E-state index contributed by atoms with van der Waals surface area (Å²) in [6.45, 7) is 3.89. The average Bonchev–Trinajstić information content (AvgIpc) is 2.99. The van der Waals surface area contributed by atoms with E-state index in [1.54, 1.807) is 6.20 Å². The summed E-state index contributed by atoms with van der Waals surface area (Å²) in [5, 5.41) is 6.97. The van der Waals surface area contributed by atoms with Gasteiger partial charge >= 0.3 is 0 Å². The number of nitrogens with one attached hydrogen (secondary N) is 1. The number of rotatable bonds is 3. The fourth-order valence-corrected chi connectivity index (χ4v) is 3.11. The van der Waals surface area contributed by atoms with Crippen LogP contribution in [0.3, 0.4) is 0 Å². The van der Waals surface area contributed by atoms with Gasteiger partial charge in [0.15, 0.2) is 0 Å². The Kier molecular flexibility index (Phi) is 3.37. The lowest BCUT2D eigenvalue weighted by molar-refractivity contribution is 0.0997. The smallest absolute Gasteiger partial charge is 0.252 e. The van der Waals surface area contributed by atoms with Gasteiger partial charge in [0.25, 0.3) is 5.91 Å². The highest BCUT2D eigenvalue weighted by Gasteiger charge is 2.37. The van der Waals surface area contributed by atoms with Crippen molar-refractivity contribution in [3.05, 3.63) is 41.9 Å². The van der Waals surface area contributed by atoms with Gasteiger partial charge in [0.2, 0.25) is 0 Å². The summed E-state index contributed by atoms with van der Waals surface area (Å²) in [5.74, 6) is 0.526. The highest BCUT2D eigenvalue weighted by molar-refractivity contribution is 5.94. The van der Waals surface area contributed by atoms with Crippen molar-refractivity contribution in [1.29, 1.82) is 0 Å². The summed E-state index contributed by atoms with van der Waals surface area (Å²) in [5.41, 5.74) is 6.58. The minimum atomic E-state index is -0.435. The molecule has 3 heterocycles. The molecule has 1 unspecified atom stereocenters. The van der Waals surface area contributed by atoms with E-state index >= 15 is 0 Å². The first kappa shape index (κ1) is 13.6. The molecule has 110 valence electrons. The zero-order valence-electron chi connectivity index (χ0n) is 12.0.